The number of likely N-dealkylation sites (tertiary alicyclic amines) is 1. The average molecular weight is 436 g/mol. The lowest BCUT2D eigenvalue weighted by Crippen LogP contribution is -2.31. The maximum absolute atomic E-state index is 13.1. The van der Waals surface area contributed by atoms with Crippen LogP contribution in [0.15, 0.2) is 48.5 Å². The lowest BCUT2D eigenvalue weighted by atomic mass is 10.1. The number of hydrogen-bond donors (Lipinski definition) is 1. The van der Waals surface area contributed by atoms with Crippen LogP contribution in [0.25, 0.3) is 0 Å². The average Bonchev–Trinajstić information content (AvgIpc) is 3.30. The minimum atomic E-state index is -0.308. The Kier molecular flexibility index (Phi) is 6.30. The molecule has 0 radical (unpaired) electrons. The molecule has 3 aromatic rings. The van der Waals surface area contributed by atoms with Crippen molar-refractivity contribution in [2.45, 2.75) is 33.4 Å². The van der Waals surface area contributed by atoms with Crippen molar-refractivity contribution >= 4 is 11.8 Å². The van der Waals surface area contributed by atoms with E-state index in [-0.39, 0.29) is 29.2 Å². The first kappa shape index (κ1) is 21.7. The number of nitrogens with one attached hydrogen (secondary N) is 1. The highest BCUT2D eigenvalue weighted by Gasteiger charge is 2.30. The zero-order valence-corrected chi connectivity index (χ0v) is 18.2. The number of hydrogen-bond acceptors (Lipinski definition) is 4. The van der Waals surface area contributed by atoms with Crippen LogP contribution >= 0.6 is 0 Å². The molecule has 4 rings (SSSR count). The van der Waals surface area contributed by atoms with Gasteiger partial charge in [0.2, 0.25) is 5.91 Å². The van der Waals surface area contributed by atoms with Crippen LogP contribution in [0.2, 0.25) is 0 Å². The second kappa shape index (κ2) is 9.30. The monoisotopic (exact) mass is 435 g/mol. The van der Waals surface area contributed by atoms with Gasteiger partial charge in [-0.1, -0.05) is 47.2 Å². The van der Waals surface area contributed by atoms with Crippen molar-refractivity contribution in [3.05, 3.63) is 82.4 Å². The second-order valence-corrected chi connectivity index (χ2v) is 8.35. The Morgan fingerprint density at radius 2 is 1.91 bits per heavy atom. The smallest absolute Gasteiger partial charge is 0.273 e. The highest BCUT2D eigenvalue weighted by atomic mass is 19.1. The molecule has 2 aromatic carbocycles. The zero-order chi connectivity index (χ0) is 22.7. The summed E-state index contributed by atoms with van der Waals surface area (Å²) in [6, 6.07) is 14.3. The van der Waals surface area contributed by atoms with E-state index in [0.717, 1.165) is 11.1 Å². The van der Waals surface area contributed by atoms with Crippen LogP contribution in [0.3, 0.4) is 0 Å². The molecule has 1 atom stereocenters. The fourth-order valence-corrected chi connectivity index (χ4v) is 3.98. The molecule has 0 bridgehead atoms. The van der Waals surface area contributed by atoms with E-state index >= 15 is 0 Å². The summed E-state index contributed by atoms with van der Waals surface area (Å²) in [6.45, 7) is 5.81. The lowest BCUT2D eigenvalue weighted by molar-refractivity contribution is -0.128. The highest BCUT2D eigenvalue weighted by molar-refractivity contribution is 5.93. The summed E-state index contributed by atoms with van der Waals surface area (Å²) in [5.74, 6) is -0.442. The van der Waals surface area contributed by atoms with E-state index in [0.29, 0.717) is 38.3 Å². The number of halogens is 1. The van der Waals surface area contributed by atoms with Crippen molar-refractivity contribution < 1.29 is 14.0 Å². The zero-order valence-electron chi connectivity index (χ0n) is 18.2. The van der Waals surface area contributed by atoms with E-state index in [4.69, 9.17) is 0 Å². The van der Waals surface area contributed by atoms with Gasteiger partial charge in [-0.15, -0.1) is 5.10 Å². The molecule has 7 nitrogen and oxygen atoms in total. The Bertz CT molecular complexity index is 1130. The van der Waals surface area contributed by atoms with Gasteiger partial charge in [-0.05, 0) is 37.1 Å². The maximum atomic E-state index is 13.1. The number of nitrogens with zero attached hydrogens (tertiary/aromatic N) is 4. The molecule has 2 heterocycles. The minimum Gasteiger partial charge on any atom is -0.350 e. The predicted molar refractivity (Wildman–Crippen MR) is 117 cm³/mol. The standard InChI is InChI=1S/C24H26FN5O2/c1-16-4-3-5-19(10-16)13-29-14-20(11-22(29)31)12-26-24(32)23-17(2)30(28-27-23)15-18-6-8-21(25)9-7-18/h3-10,20H,11-15H2,1-2H3,(H,26,32). The molecule has 1 N–H and O–H groups in total. The third kappa shape index (κ3) is 5.01. The fraction of sp³-hybridized carbons (Fsp3) is 0.333. The number of benzene rings is 2. The van der Waals surface area contributed by atoms with Crippen molar-refractivity contribution in [1.29, 1.82) is 0 Å². The summed E-state index contributed by atoms with van der Waals surface area (Å²) in [5.41, 5.74) is 4.03. The predicted octanol–water partition coefficient (Wildman–Crippen LogP) is 2.86. The molecule has 1 aliphatic rings. The number of amides is 2. The van der Waals surface area contributed by atoms with Crippen molar-refractivity contribution in [3.63, 3.8) is 0 Å². The van der Waals surface area contributed by atoms with Gasteiger partial charge in [0.1, 0.15) is 5.82 Å². The van der Waals surface area contributed by atoms with Gasteiger partial charge in [0, 0.05) is 32.0 Å². The van der Waals surface area contributed by atoms with Crippen LogP contribution < -0.4 is 5.32 Å². The molecule has 8 heteroatoms. The molecule has 1 fully saturated rings. The lowest BCUT2D eigenvalue weighted by Gasteiger charge is -2.17. The van der Waals surface area contributed by atoms with E-state index in [2.05, 4.69) is 21.7 Å². The Morgan fingerprint density at radius 3 is 2.66 bits per heavy atom. The molecule has 0 spiro atoms. The van der Waals surface area contributed by atoms with Crippen LogP contribution in [-0.2, 0) is 17.9 Å². The molecular formula is C24H26FN5O2. The highest BCUT2D eigenvalue weighted by Crippen LogP contribution is 2.20. The number of carbonyl (C=O) groups is 2. The van der Waals surface area contributed by atoms with Crippen LogP contribution in [0, 0.1) is 25.6 Å². The van der Waals surface area contributed by atoms with Crippen molar-refractivity contribution in [2.24, 2.45) is 5.92 Å². The summed E-state index contributed by atoms with van der Waals surface area (Å²) in [5, 5.41) is 11.0. The largest absolute Gasteiger partial charge is 0.350 e. The van der Waals surface area contributed by atoms with Gasteiger partial charge in [0.25, 0.3) is 5.91 Å². The molecule has 1 saturated heterocycles. The molecular weight excluding hydrogens is 409 g/mol. The quantitative estimate of drug-likeness (QED) is 0.619. The van der Waals surface area contributed by atoms with E-state index in [9.17, 15) is 14.0 Å². The summed E-state index contributed by atoms with van der Waals surface area (Å²) in [7, 11) is 0. The Morgan fingerprint density at radius 1 is 1.12 bits per heavy atom. The Balaban J connectivity index is 1.31. The molecule has 0 saturated carbocycles. The van der Waals surface area contributed by atoms with Crippen LogP contribution in [-0.4, -0.2) is 44.8 Å². The minimum absolute atomic E-state index is 0.0609. The van der Waals surface area contributed by atoms with Crippen LogP contribution in [0.4, 0.5) is 4.39 Å². The Labute approximate surface area is 186 Å². The number of aryl methyl sites for hydroxylation is 1. The SMILES string of the molecule is Cc1cccc(CN2CC(CNC(=O)c3nnn(Cc4ccc(F)cc4)c3C)CC2=O)c1. The number of aromatic nitrogens is 3. The molecule has 1 aliphatic heterocycles. The first-order valence-electron chi connectivity index (χ1n) is 10.6. The van der Waals surface area contributed by atoms with Gasteiger partial charge >= 0.3 is 0 Å². The van der Waals surface area contributed by atoms with Gasteiger partial charge in [-0.3, -0.25) is 9.59 Å². The topological polar surface area (TPSA) is 80.1 Å². The van der Waals surface area contributed by atoms with Gasteiger partial charge in [-0.25, -0.2) is 9.07 Å². The fourth-order valence-electron chi connectivity index (χ4n) is 3.98. The van der Waals surface area contributed by atoms with Gasteiger partial charge in [-0.2, -0.15) is 0 Å². The van der Waals surface area contributed by atoms with Crippen molar-refractivity contribution in [2.75, 3.05) is 13.1 Å². The van der Waals surface area contributed by atoms with Gasteiger partial charge in [0.05, 0.1) is 12.2 Å². The number of carbonyl (C=O) groups excluding carboxylic acids is 2. The summed E-state index contributed by atoms with van der Waals surface area (Å²) >= 11 is 0. The van der Waals surface area contributed by atoms with E-state index < -0.39 is 0 Å². The van der Waals surface area contributed by atoms with Gasteiger partial charge < -0.3 is 10.2 Å². The van der Waals surface area contributed by atoms with Crippen LogP contribution in [0.5, 0.6) is 0 Å². The van der Waals surface area contributed by atoms with E-state index in [1.807, 2.05) is 30.0 Å². The van der Waals surface area contributed by atoms with Gasteiger partial charge in [0.15, 0.2) is 5.69 Å². The molecule has 32 heavy (non-hydrogen) atoms. The van der Waals surface area contributed by atoms with Crippen LogP contribution in [0.1, 0.15) is 39.3 Å². The second-order valence-electron chi connectivity index (χ2n) is 8.35. The maximum Gasteiger partial charge on any atom is 0.273 e. The molecule has 1 aromatic heterocycles. The summed E-state index contributed by atoms with van der Waals surface area (Å²) in [6.07, 6.45) is 0.419. The molecule has 0 aliphatic carbocycles. The van der Waals surface area contributed by atoms with E-state index in [1.54, 1.807) is 23.7 Å². The first-order valence-corrected chi connectivity index (χ1v) is 10.6. The summed E-state index contributed by atoms with van der Waals surface area (Å²) < 4.78 is 14.7. The summed E-state index contributed by atoms with van der Waals surface area (Å²) in [4.78, 5) is 26.9. The number of rotatable bonds is 7. The van der Waals surface area contributed by atoms with Crippen molar-refractivity contribution in [3.8, 4) is 0 Å². The molecule has 1 unspecified atom stereocenters. The van der Waals surface area contributed by atoms with Crippen molar-refractivity contribution in [1.82, 2.24) is 25.2 Å². The normalized spacial score (nSPS) is 15.9. The Hall–Kier alpha value is -3.55. The van der Waals surface area contributed by atoms with E-state index in [1.165, 1.54) is 17.7 Å². The third-order valence-electron chi connectivity index (χ3n) is 5.75. The third-order valence-corrected chi connectivity index (χ3v) is 5.75. The molecule has 166 valence electrons. The molecule has 2 amide bonds. The first-order chi connectivity index (χ1) is 15.4.